The van der Waals surface area contributed by atoms with E-state index in [4.69, 9.17) is 0 Å². The number of amides is 1. The Bertz CT molecular complexity index is 1160. The molecule has 33 heavy (non-hydrogen) atoms. The van der Waals surface area contributed by atoms with Crippen LogP contribution < -0.4 is 4.90 Å². The zero-order valence-electron chi connectivity index (χ0n) is 17.6. The molecule has 1 aliphatic heterocycles. The third kappa shape index (κ3) is 3.81. The van der Waals surface area contributed by atoms with Crippen molar-refractivity contribution in [2.45, 2.75) is 31.1 Å². The Morgan fingerprint density at radius 1 is 1.12 bits per heavy atom. The minimum Gasteiger partial charge on any atom is -0.355 e. The van der Waals surface area contributed by atoms with Crippen LogP contribution in [-0.4, -0.2) is 56.5 Å². The van der Waals surface area contributed by atoms with Gasteiger partial charge in [-0.1, -0.05) is 0 Å². The summed E-state index contributed by atoms with van der Waals surface area (Å²) < 4.78 is 52.7. The second-order valence-electron chi connectivity index (χ2n) is 8.42. The molecule has 1 amide bonds. The summed E-state index contributed by atoms with van der Waals surface area (Å²) in [7, 11) is 1.77. The third-order valence-electron chi connectivity index (χ3n) is 6.47. The first-order valence-corrected chi connectivity index (χ1v) is 10.5. The number of nitrogens with zero attached hydrogens (tertiary/aromatic N) is 6. The van der Waals surface area contributed by atoms with Crippen molar-refractivity contribution in [2.24, 2.45) is 5.92 Å². The van der Waals surface area contributed by atoms with E-state index in [1.165, 1.54) is 41.5 Å². The summed E-state index contributed by atoms with van der Waals surface area (Å²) in [6, 6.07) is 5.96. The van der Waals surface area contributed by atoms with Crippen molar-refractivity contribution in [3.63, 3.8) is 0 Å². The van der Waals surface area contributed by atoms with Crippen LogP contribution in [0.2, 0.25) is 0 Å². The van der Waals surface area contributed by atoms with Crippen molar-refractivity contribution >= 4 is 11.7 Å². The predicted octanol–water partition coefficient (Wildman–Crippen LogP) is 3.56. The SMILES string of the molecule is CN(c1ccc(C(F)(F)F)cn1)C1CC2CC1N(C(=O)c1cc(F)ccc1-n1nccn1)C2. The van der Waals surface area contributed by atoms with Gasteiger partial charge in [0.05, 0.1) is 41.3 Å². The molecule has 7 nitrogen and oxygen atoms in total. The van der Waals surface area contributed by atoms with Crippen LogP contribution in [0.1, 0.15) is 28.8 Å². The van der Waals surface area contributed by atoms with E-state index in [9.17, 15) is 22.4 Å². The maximum Gasteiger partial charge on any atom is 0.417 e. The summed E-state index contributed by atoms with van der Waals surface area (Å²) in [5.41, 5.74) is -0.272. The zero-order valence-corrected chi connectivity index (χ0v) is 17.6. The first kappa shape index (κ1) is 21.4. The van der Waals surface area contributed by atoms with Gasteiger partial charge in [-0.15, -0.1) is 0 Å². The Kier molecular flexibility index (Phi) is 5.06. The number of halogens is 4. The Morgan fingerprint density at radius 2 is 1.88 bits per heavy atom. The highest BCUT2D eigenvalue weighted by Gasteiger charge is 2.49. The highest BCUT2D eigenvalue weighted by Crippen LogP contribution is 2.42. The summed E-state index contributed by atoms with van der Waals surface area (Å²) in [6.45, 7) is 0.538. The van der Waals surface area contributed by atoms with E-state index in [1.54, 1.807) is 11.9 Å². The number of pyridine rings is 1. The first-order chi connectivity index (χ1) is 15.7. The summed E-state index contributed by atoms with van der Waals surface area (Å²) in [5, 5.41) is 8.11. The molecule has 0 N–H and O–H groups in total. The zero-order chi connectivity index (χ0) is 23.3. The second-order valence-corrected chi connectivity index (χ2v) is 8.42. The van der Waals surface area contributed by atoms with Gasteiger partial charge in [0.2, 0.25) is 0 Å². The molecule has 5 rings (SSSR count). The number of anilines is 1. The molecule has 3 heterocycles. The van der Waals surface area contributed by atoms with Crippen LogP contribution >= 0.6 is 0 Å². The highest BCUT2D eigenvalue weighted by molar-refractivity contribution is 5.98. The Labute approximate surface area is 186 Å². The molecule has 1 aromatic carbocycles. The van der Waals surface area contributed by atoms with Gasteiger partial charge in [-0.2, -0.15) is 28.2 Å². The van der Waals surface area contributed by atoms with Crippen LogP contribution in [-0.2, 0) is 6.18 Å². The van der Waals surface area contributed by atoms with Gasteiger partial charge < -0.3 is 9.80 Å². The molecule has 3 aromatic rings. The van der Waals surface area contributed by atoms with Crippen molar-refractivity contribution < 1.29 is 22.4 Å². The number of alkyl halides is 3. The lowest BCUT2D eigenvalue weighted by Gasteiger charge is -2.39. The van der Waals surface area contributed by atoms with Gasteiger partial charge in [0, 0.05) is 19.8 Å². The number of piperidine rings is 1. The molecule has 0 radical (unpaired) electrons. The average molecular weight is 460 g/mol. The average Bonchev–Trinajstić information content (AvgIpc) is 3.55. The number of benzene rings is 1. The summed E-state index contributed by atoms with van der Waals surface area (Å²) >= 11 is 0. The molecule has 2 aliphatic rings. The fraction of sp³-hybridized carbons (Fsp3) is 0.364. The largest absolute Gasteiger partial charge is 0.417 e. The van der Waals surface area contributed by atoms with Crippen LogP contribution in [0.15, 0.2) is 48.9 Å². The smallest absolute Gasteiger partial charge is 0.355 e. The quantitative estimate of drug-likeness (QED) is 0.557. The summed E-state index contributed by atoms with van der Waals surface area (Å²) in [4.78, 5) is 22.3. The molecule has 1 saturated heterocycles. The molecule has 2 fully saturated rings. The van der Waals surface area contributed by atoms with E-state index in [0.29, 0.717) is 18.1 Å². The minimum atomic E-state index is -4.45. The summed E-state index contributed by atoms with van der Waals surface area (Å²) in [6.07, 6.45) is 0.870. The van der Waals surface area contributed by atoms with E-state index in [-0.39, 0.29) is 29.5 Å². The van der Waals surface area contributed by atoms with Crippen molar-refractivity contribution in [3.8, 4) is 5.69 Å². The number of likely N-dealkylation sites (tertiary alicyclic amines) is 1. The predicted molar refractivity (Wildman–Crippen MR) is 110 cm³/mol. The molecule has 1 aliphatic carbocycles. The standard InChI is InChI=1S/C22H20F4N6O/c1-30(20-5-2-14(11-27-20)22(24,25)26)18-8-13-9-19(18)31(12-13)21(33)16-10-15(23)3-4-17(16)32-28-6-7-29-32/h2-7,10-11,13,18-19H,8-9,12H2,1H3. The molecule has 3 atom stereocenters. The fourth-order valence-electron chi connectivity index (χ4n) is 4.92. The van der Waals surface area contributed by atoms with Gasteiger partial charge in [0.1, 0.15) is 11.6 Å². The number of carbonyl (C=O) groups is 1. The van der Waals surface area contributed by atoms with E-state index in [1.807, 2.05) is 4.90 Å². The van der Waals surface area contributed by atoms with Crippen molar-refractivity contribution in [1.82, 2.24) is 24.9 Å². The molecule has 0 spiro atoms. The maximum absolute atomic E-state index is 14.0. The van der Waals surface area contributed by atoms with E-state index in [2.05, 4.69) is 15.2 Å². The van der Waals surface area contributed by atoms with Gasteiger partial charge in [-0.05, 0) is 49.1 Å². The Balaban J connectivity index is 1.40. The number of likely N-dealkylation sites (N-methyl/N-ethyl adjacent to an activating group) is 1. The maximum atomic E-state index is 14.0. The lowest BCUT2D eigenvalue weighted by atomic mass is 10.0. The number of fused-ring (bicyclic) bond motifs is 2. The number of hydrogen-bond acceptors (Lipinski definition) is 5. The second kappa shape index (κ2) is 7.82. The molecular formula is C22H20F4N6O. The molecule has 172 valence electrons. The minimum absolute atomic E-state index is 0.114. The van der Waals surface area contributed by atoms with E-state index < -0.39 is 17.6 Å². The van der Waals surface area contributed by atoms with Crippen LogP contribution in [0.3, 0.4) is 0 Å². The van der Waals surface area contributed by atoms with Gasteiger partial charge >= 0.3 is 6.18 Å². The van der Waals surface area contributed by atoms with Crippen molar-refractivity contribution in [3.05, 3.63) is 65.9 Å². The lowest BCUT2D eigenvalue weighted by molar-refractivity contribution is -0.137. The first-order valence-electron chi connectivity index (χ1n) is 10.5. The molecular weight excluding hydrogens is 440 g/mol. The van der Waals surface area contributed by atoms with Crippen LogP contribution in [0.4, 0.5) is 23.4 Å². The van der Waals surface area contributed by atoms with Gasteiger partial charge in [0.25, 0.3) is 5.91 Å². The monoisotopic (exact) mass is 460 g/mol. The molecule has 2 aromatic heterocycles. The molecule has 11 heteroatoms. The van der Waals surface area contributed by atoms with Crippen LogP contribution in [0.25, 0.3) is 5.69 Å². The number of aromatic nitrogens is 4. The van der Waals surface area contributed by atoms with Crippen LogP contribution in [0.5, 0.6) is 0 Å². The topological polar surface area (TPSA) is 67.2 Å². The Hall–Kier alpha value is -3.50. The van der Waals surface area contributed by atoms with Gasteiger partial charge in [-0.3, -0.25) is 4.79 Å². The number of rotatable bonds is 4. The third-order valence-corrected chi connectivity index (χ3v) is 6.47. The van der Waals surface area contributed by atoms with E-state index in [0.717, 1.165) is 25.1 Å². The van der Waals surface area contributed by atoms with Crippen molar-refractivity contribution in [2.75, 3.05) is 18.5 Å². The number of hydrogen-bond donors (Lipinski definition) is 0. The molecule has 1 saturated carbocycles. The van der Waals surface area contributed by atoms with Gasteiger partial charge in [0.15, 0.2) is 0 Å². The van der Waals surface area contributed by atoms with E-state index >= 15 is 0 Å². The lowest BCUT2D eigenvalue weighted by Crippen LogP contribution is -2.51. The van der Waals surface area contributed by atoms with Crippen LogP contribution in [0, 0.1) is 11.7 Å². The number of carbonyl (C=O) groups excluding carboxylic acids is 1. The molecule has 2 bridgehead atoms. The molecule has 3 unspecified atom stereocenters. The highest BCUT2D eigenvalue weighted by atomic mass is 19.4. The Morgan fingerprint density at radius 3 is 2.52 bits per heavy atom. The fourth-order valence-corrected chi connectivity index (χ4v) is 4.92. The normalized spacial score (nSPS) is 22.1. The summed E-state index contributed by atoms with van der Waals surface area (Å²) in [5.74, 6) is -0.213. The van der Waals surface area contributed by atoms with Crippen molar-refractivity contribution in [1.29, 1.82) is 0 Å². The van der Waals surface area contributed by atoms with Gasteiger partial charge in [-0.25, -0.2) is 9.37 Å².